The van der Waals surface area contributed by atoms with Crippen molar-refractivity contribution in [2.24, 2.45) is 11.8 Å². The van der Waals surface area contributed by atoms with E-state index < -0.39 is 0 Å². The molecule has 0 radical (unpaired) electrons. The first-order chi connectivity index (χ1) is 10.5. The minimum Gasteiger partial charge on any atom is -0.483 e. The summed E-state index contributed by atoms with van der Waals surface area (Å²) in [7, 11) is 0. The van der Waals surface area contributed by atoms with E-state index in [0.29, 0.717) is 23.1 Å². The zero-order valence-corrected chi connectivity index (χ0v) is 14.6. The Balaban J connectivity index is 1.89. The highest BCUT2D eigenvalue weighted by molar-refractivity contribution is 9.10. The number of carbonyl (C=O) groups is 2. The zero-order valence-electron chi connectivity index (χ0n) is 13.0. The summed E-state index contributed by atoms with van der Waals surface area (Å²) < 4.78 is 6.29. The third-order valence-corrected chi connectivity index (χ3v) is 5.00. The predicted molar refractivity (Wildman–Crippen MR) is 89.1 cm³/mol. The lowest BCUT2D eigenvalue weighted by Gasteiger charge is -2.34. The topological polar surface area (TPSA) is 55.4 Å². The SMILES string of the molecule is C[C@H]1[C@@H](NC(=O)COc2ccc(Br)cc2C=O)CCC[C@@H]1C. The van der Waals surface area contributed by atoms with Crippen molar-refractivity contribution in [1.29, 1.82) is 0 Å². The molecule has 4 nitrogen and oxygen atoms in total. The van der Waals surface area contributed by atoms with Crippen LogP contribution >= 0.6 is 15.9 Å². The predicted octanol–water partition coefficient (Wildman–Crippen LogP) is 3.58. The van der Waals surface area contributed by atoms with E-state index in [1.807, 2.05) is 0 Å². The molecule has 1 saturated carbocycles. The quantitative estimate of drug-likeness (QED) is 0.809. The van der Waals surface area contributed by atoms with E-state index in [0.717, 1.165) is 23.6 Å². The van der Waals surface area contributed by atoms with Crippen LogP contribution in [-0.4, -0.2) is 24.8 Å². The summed E-state index contributed by atoms with van der Waals surface area (Å²) in [6.07, 6.45) is 4.13. The lowest BCUT2D eigenvalue weighted by atomic mass is 9.78. The van der Waals surface area contributed by atoms with E-state index >= 15 is 0 Å². The van der Waals surface area contributed by atoms with Crippen LogP contribution in [0.15, 0.2) is 22.7 Å². The molecule has 1 aliphatic rings. The van der Waals surface area contributed by atoms with Gasteiger partial charge in [0.2, 0.25) is 0 Å². The van der Waals surface area contributed by atoms with Gasteiger partial charge in [0.15, 0.2) is 12.9 Å². The Morgan fingerprint density at radius 1 is 1.41 bits per heavy atom. The minimum absolute atomic E-state index is 0.0694. The summed E-state index contributed by atoms with van der Waals surface area (Å²) in [5.74, 6) is 1.41. The molecule has 2 rings (SSSR count). The molecular weight excluding hydrogens is 346 g/mol. The second kappa shape index (κ2) is 7.77. The van der Waals surface area contributed by atoms with Gasteiger partial charge in [0, 0.05) is 10.5 Å². The zero-order chi connectivity index (χ0) is 16.1. The van der Waals surface area contributed by atoms with Gasteiger partial charge in [-0.3, -0.25) is 9.59 Å². The van der Waals surface area contributed by atoms with Gasteiger partial charge < -0.3 is 10.1 Å². The molecule has 1 aromatic rings. The summed E-state index contributed by atoms with van der Waals surface area (Å²) in [5.41, 5.74) is 0.432. The summed E-state index contributed by atoms with van der Waals surface area (Å²) >= 11 is 3.30. The van der Waals surface area contributed by atoms with Crippen LogP contribution in [0.1, 0.15) is 43.5 Å². The molecule has 0 saturated heterocycles. The normalized spacial score (nSPS) is 24.6. The van der Waals surface area contributed by atoms with Crippen molar-refractivity contribution in [2.75, 3.05) is 6.61 Å². The average molecular weight is 368 g/mol. The maximum absolute atomic E-state index is 12.1. The molecule has 1 fully saturated rings. The number of aldehydes is 1. The van der Waals surface area contributed by atoms with Crippen LogP contribution in [0.2, 0.25) is 0 Å². The molecule has 1 amide bonds. The fraction of sp³-hybridized carbons (Fsp3) is 0.529. The molecule has 22 heavy (non-hydrogen) atoms. The summed E-state index contributed by atoms with van der Waals surface area (Å²) in [5, 5.41) is 3.06. The molecular formula is C17H22BrNO3. The summed E-state index contributed by atoms with van der Waals surface area (Å²) in [6.45, 7) is 4.35. The Hall–Kier alpha value is -1.36. The highest BCUT2D eigenvalue weighted by Gasteiger charge is 2.28. The van der Waals surface area contributed by atoms with Gasteiger partial charge >= 0.3 is 0 Å². The Labute approximate surface area is 139 Å². The van der Waals surface area contributed by atoms with Crippen molar-refractivity contribution in [3.05, 3.63) is 28.2 Å². The van der Waals surface area contributed by atoms with Crippen LogP contribution < -0.4 is 10.1 Å². The first-order valence-electron chi connectivity index (χ1n) is 7.68. The van der Waals surface area contributed by atoms with E-state index in [4.69, 9.17) is 4.74 Å². The number of hydrogen-bond acceptors (Lipinski definition) is 3. The van der Waals surface area contributed by atoms with E-state index in [2.05, 4.69) is 35.1 Å². The van der Waals surface area contributed by atoms with Crippen LogP contribution in [0, 0.1) is 11.8 Å². The Bertz CT molecular complexity index is 547. The number of carbonyl (C=O) groups excluding carboxylic acids is 2. The first kappa shape index (κ1) is 17.0. The van der Waals surface area contributed by atoms with Gasteiger partial charge in [-0.1, -0.05) is 42.6 Å². The Morgan fingerprint density at radius 2 is 2.18 bits per heavy atom. The fourth-order valence-corrected chi connectivity index (χ4v) is 3.30. The van der Waals surface area contributed by atoms with Crippen molar-refractivity contribution in [3.8, 4) is 5.75 Å². The van der Waals surface area contributed by atoms with Gasteiger partial charge in [0.1, 0.15) is 5.75 Å². The molecule has 0 bridgehead atoms. The highest BCUT2D eigenvalue weighted by Crippen LogP contribution is 2.29. The number of benzene rings is 1. The third kappa shape index (κ3) is 4.32. The summed E-state index contributed by atoms with van der Waals surface area (Å²) in [4.78, 5) is 23.1. The van der Waals surface area contributed by atoms with Crippen LogP contribution in [0.5, 0.6) is 5.75 Å². The van der Waals surface area contributed by atoms with E-state index in [1.165, 1.54) is 6.42 Å². The van der Waals surface area contributed by atoms with Gasteiger partial charge in [-0.25, -0.2) is 0 Å². The average Bonchev–Trinajstić information content (AvgIpc) is 2.50. The van der Waals surface area contributed by atoms with Gasteiger partial charge in [-0.05, 0) is 36.5 Å². The van der Waals surface area contributed by atoms with Crippen LogP contribution in [0.25, 0.3) is 0 Å². The Kier molecular flexibility index (Phi) is 6.00. The monoisotopic (exact) mass is 367 g/mol. The van der Waals surface area contributed by atoms with Crippen LogP contribution in [0.3, 0.4) is 0 Å². The van der Waals surface area contributed by atoms with Crippen molar-refractivity contribution >= 4 is 28.1 Å². The molecule has 120 valence electrons. The number of rotatable bonds is 5. The summed E-state index contributed by atoms with van der Waals surface area (Å²) in [6, 6.07) is 5.36. The third-order valence-electron chi connectivity index (χ3n) is 4.51. The lowest BCUT2D eigenvalue weighted by molar-refractivity contribution is -0.124. The maximum atomic E-state index is 12.1. The molecule has 0 spiro atoms. The van der Waals surface area contributed by atoms with Gasteiger partial charge in [0.25, 0.3) is 5.91 Å². The number of ether oxygens (including phenoxy) is 1. The van der Waals surface area contributed by atoms with Crippen LogP contribution in [-0.2, 0) is 4.79 Å². The van der Waals surface area contributed by atoms with Gasteiger partial charge in [-0.2, -0.15) is 0 Å². The minimum atomic E-state index is -0.134. The molecule has 1 aromatic carbocycles. The lowest BCUT2D eigenvalue weighted by Crippen LogP contribution is -2.45. The van der Waals surface area contributed by atoms with Crippen molar-refractivity contribution in [2.45, 2.75) is 39.2 Å². The number of amides is 1. The fourth-order valence-electron chi connectivity index (χ4n) is 2.92. The first-order valence-corrected chi connectivity index (χ1v) is 8.47. The van der Waals surface area contributed by atoms with Crippen molar-refractivity contribution in [3.63, 3.8) is 0 Å². The van der Waals surface area contributed by atoms with E-state index in [9.17, 15) is 9.59 Å². The second-order valence-electron chi connectivity index (χ2n) is 6.03. The van der Waals surface area contributed by atoms with Crippen LogP contribution in [0.4, 0.5) is 0 Å². The molecule has 1 aliphatic carbocycles. The van der Waals surface area contributed by atoms with Gasteiger partial charge in [0.05, 0.1) is 5.56 Å². The largest absolute Gasteiger partial charge is 0.483 e. The molecule has 0 aromatic heterocycles. The Morgan fingerprint density at radius 3 is 2.91 bits per heavy atom. The standard InChI is InChI=1S/C17H22BrNO3/c1-11-4-3-5-15(12(11)2)19-17(21)10-22-16-7-6-14(18)8-13(16)9-20/h6-9,11-12,15H,3-5,10H2,1-2H3,(H,19,21)/t11-,12+,15-/m0/s1. The van der Waals surface area contributed by atoms with E-state index in [-0.39, 0.29) is 18.6 Å². The van der Waals surface area contributed by atoms with Gasteiger partial charge in [-0.15, -0.1) is 0 Å². The molecule has 0 unspecified atom stereocenters. The van der Waals surface area contributed by atoms with E-state index in [1.54, 1.807) is 18.2 Å². The number of nitrogens with one attached hydrogen (secondary N) is 1. The molecule has 0 heterocycles. The molecule has 5 heteroatoms. The maximum Gasteiger partial charge on any atom is 0.258 e. The van der Waals surface area contributed by atoms with Crippen molar-refractivity contribution in [1.82, 2.24) is 5.32 Å². The second-order valence-corrected chi connectivity index (χ2v) is 6.95. The number of halogens is 1. The number of hydrogen-bond donors (Lipinski definition) is 1. The smallest absolute Gasteiger partial charge is 0.258 e. The molecule has 1 N–H and O–H groups in total. The molecule has 0 aliphatic heterocycles. The molecule has 3 atom stereocenters. The highest BCUT2D eigenvalue weighted by atomic mass is 79.9. The van der Waals surface area contributed by atoms with Crippen molar-refractivity contribution < 1.29 is 14.3 Å².